The van der Waals surface area contributed by atoms with Gasteiger partial charge in [0.25, 0.3) is 0 Å². The van der Waals surface area contributed by atoms with E-state index in [0.717, 1.165) is 43.9 Å². The van der Waals surface area contributed by atoms with Crippen molar-refractivity contribution in [3.8, 4) is 6.19 Å². The van der Waals surface area contributed by atoms with Crippen molar-refractivity contribution < 1.29 is 0 Å². The first-order chi connectivity index (χ1) is 15.1. The standard InChI is InChI=1S/C25H38N6/c1-30(2)18-16-25(23-28-21-13-8-9-14-22(21)29-23)15-10-17-31(24(25)27-19-26)20-11-6-4-3-5-7-12-20/h8-9,13-14,20-21,23,28H,3-7,10-12,15-18H2,1-2H3. The van der Waals surface area contributed by atoms with Gasteiger partial charge in [0, 0.05) is 12.6 Å². The van der Waals surface area contributed by atoms with Crippen LogP contribution >= 0.6 is 0 Å². The second-order valence-electron chi connectivity index (χ2n) is 9.89. The van der Waals surface area contributed by atoms with E-state index in [1.54, 1.807) is 0 Å². The fraction of sp³-hybridized carbons (Fsp3) is 0.720. The highest BCUT2D eigenvalue weighted by molar-refractivity contribution is 6.04. The van der Waals surface area contributed by atoms with Gasteiger partial charge in [-0.25, -0.2) is 0 Å². The fourth-order valence-electron chi connectivity index (χ4n) is 5.88. The van der Waals surface area contributed by atoms with Gasteiger partial charge in [-0.1, -0.05) is 50.3 Å². The molecule has 0 radical (unpaired) electrons. The van der Waals surface area contributed by atoms with Crippen molar-refractivity contribution in [2.75, 3.05) is 27.2 Å². The zero-order valence-electron chi connectivity index (χ0n) is 19.3. The summed E-state index contributed by atoms with van der Waals surface area (Å²) in [7, 11) is 4.26. The molecule has 2 fully saturated rings. The van der Waals surface area contributed by atoms with Crippen LogP contribution < -0.4 is 5.32 Å². The van der Waals surface area contributed by atoms with Gasteiger partial charge in [-0.3, -0.25) is 10.3 Å². The summed E-state index contributed by atoms with van der Waals surface area (Å²) in [5.74, 6) is 1.00. The summed E-state index contributed by atoms with van der Waals surface area (Å²) >= 11 is 0. The van der Waals surface area contributed by atoms with Crippen LogP contribution in [0.3, 0.4) is 0 Å². The minimum absolute atomic E-state index is 0.0386. The van der Waals surface area contributed by atoms with E-state index in [2.05, 4.69) is 64.7 Å². The summed E-state index contributed by atoms with van der Waals surface area (Å²) in [6.45, 7) is 1.98. The molecule has 4 rings (SSSR count). The summed E-state index contributed by atoms with van der Waals surface area (Å²) in [6, 6.07) is 0.675. The highest BCUT2D eigenvalue weighted by Crippen LogP contribution is 2.43. The number of likely N-dealkylation sites (tertiary alicyclic amines) is 1. The SMILES string of the molecule is CN(C)CCC1(C2N=C3C=CC=CC3N2)CCCN(C2CCCCCCC2)C1=NC#N. The third kappa shape index (κ3) is 4.78. The molecule has 3 unspecified atom stereocenters. The second-order valence-corrected chi connectivity index (χ2v) is 9.89. The predicted molar refractivity (Wildman–Crippen MR) is 127 cm³/mol. The van der Waals surface area contributed by atoms with Crippen molar-refractivity contribution in [3.05, 3.63) is 24.3 Å². The lowest BCUT2D eigenvalue weighted by Gasteiger charge is -2.50. The maximum Gasteiger partial charge on any atom is 0.207 e. The number of aliphatic imine (C=N–C) groups is 2. The molecule has 0 aromatic rings. The van der Waals surface area contributed by atoms with Crippen LogP contribution in [-0.2, 0) is 0 Å². The smallest absolute Gasteiger partial charge is 0.207 e. The van der Waals surface area contributed by atoms with Crippen molar-refractivity contribution >= 4 is 11.5 Å². The van der Waals surface area contributed by atoms with Crippen LogP contribution in [0.1, 0.15) is 64.2 Å². The van der Waals surface area contributed by atoms with Crippen molar-refractivity contribution in [2.45, 2.75) is 82.5 Å². The molecule has 6 nitrogen and oxygen atoms in total. The molecule has 0 spiro atoms. The fourth-order valence-corrected chi connectivity index (χ4v) is 5.88. The van der Waals surface area contributed by atoms with E-state index in [0.29, 0.717) is 6.04 Å². The van der Waals surface area contributed by atoms with Gasteiger partial charge in [0.05, 0.1) is 17.2 Å². The topological polar surface area (TPSA) is 67.0 Å². The van der Waals surface area contributed by atoms with Crippen LogP contribution in [-0.4, -0.2) is 66.8 Å². The number of hydrogen-bond acceptors (Lipinski definition) is 5. The highest BCUT2D eigenvalue weighted by atomic mass is 15.3. The maximum absolute atomic E-state index is 9.74. The zero-order chi connectivity index (χ0) is 21.7. The van der Waals surface area contributed by atoms with Crippen molar-refractivity contribution in [2.24, 2.45) is 15.4 Å². The number of amidine groups is 1. The molecule has 2 heterocycles. The lowest BCUT2D eigenvalue weighted by Crippen LogP contribution is -2.60. The van der Waals surface area contributed by atoms with Crippen LogP contribution in [0.5, 0.6) is 0 Å². The number of nitrogens with zero attached hydrogens (tertiary/aromatic N) is 5. The third-order valence-electron chi connectivity index (χ3n) is 7.56. The van der Waals surface area contributed by atoms with Gasteiger partial charge in [0.1, 0.15) is 12.0 Å². The molecular formula is C25H38N6. The molecule has 4 aliphatic rings. The summed E-state index contributed by atoms with van der Waals surface area (Å²) in [6.07, 6.45) is 22.8. The molecule has 2 aliphatic carbocycles. The van der Waals surface area contributed by atoms with Crippen LogP contribution in [0.4, 0.5) is 0 Å². The first-order valence-corrected chi connectivity index (χ1v) is 12.2. The summed E-state index contributed by atoms with van der Waals surface area (Å²) < 4.78 is 0. The van der Waals surface area contributed by atoms with E-state index in [1.807, 2.05) is 0 Å². The Morgan fingerprint density at radius 3 is 2.68 bits per heavy atom. The van der Waals surface area contributed by atoms with Crippen molar-refractivity contribution in [3.63, 3.8) is 0 Å². The summed E-state index contributed by atoms with van der Waals surface area (Å²) in [4.78, 5) is 14.5. The molecule has 0 bridgehead atoms. The van der Waals surface area contributed by atoms with E-state index >= 15 is 0 Å². The minimum atomic E-state index is -0.243. The molecule has 31 heavy (non-hydrogen) atoms. The molecule has 2 aliphatic heterocycles. The maximum atomic E-state index is 9.74. The predicted octanol–water partition coefficient (Wildman–Crippen LogP) is 3.88. The summed E-state index contributed by atoms with van der Waals surface area (Å²) in [5.41, 5.74) is 0.864. The van der Waals surface area contributed by atoms with Gasteiger partial charge in [-0.05, 0) is 58.8 Å². The Bertz CT molecular complexity index is 780. The highest BCUT2D eigenvalue weighted by Gasteiger charge is 2.51. The Morgan fingerprint density at radius 1 is 1.19 bits per heavy atom. The van der Waals surface area contributed by atoms with E-state index in [1.165, 1.54) is 44.9 Å². The Morgan fingerprint density at radius 2 is 1.97 bits per heavy atom. The molecular weight excluding hydrogens is 384 g/mol. The van der Waals surface area contributed by atoms with E-state index in [4.69, 9.17) is 4.99 Å². The summed E-state index contributed by atoms with van der Waals surface area (Å²) in [5, 5.41) is 13.5. The first kappa shape index (κ1) is 22.2. The quantitative estimate of drug-likeness (QED) is 0.683. The normalized spacial score (nSPS) is 33.2. The Kier molecular flexibility index (Phi) is 7.24. The van der Waals surface area contributed by atoms with Gasteiger partial charge in [-0.15, -0.1) is 0 Å². The molecule has 3 atom stereocenters. The molecule has 0 aromatic carbocycles. The van der Waals surface area contributed by atoms with Crippen LogP contribution in [0, 0.1) is 16.9 Å². The van der Waals surface area contributed by atoms with Crippen LogP contribution in [0.15, 0.2) is 34.3 Å². The van der Waals surface area contributed by atoms with Gasteiger partial charge < -0.3 is 9.80 Å². The van der Waals surface area contributed by atoms with Crippen molar-refractivity contribution in [1.29, 1.82) is 5.26 Å². The number of piperidine rings is 1. The van der Waals surface area contributed by atoms with Gasteiger partial charge in [-0.2, -0.15) is 10.3 Å². The van der Waals surface area contributed by atoms with E-state index in [9.17, 15) is 5.26 Å². The molecule has 0 aromatic heterocycles. The Balaban J connectivity index is 1.69. The third-order valence-corrected chi connectivity index (χ3v) is 7.56. The molecule has 1 saturated carbocycles. The molecule has 1 N–H and O–H groups in total. The number of allylic oxidation sites excluding steroid dienone is 2. The molecule has 6 heteroatoms. The van der Waals surface area contributed by atoms with Crippen LogP contribution in [0.25, 0.3) is 0 Å². The second kappa shape index (κ2) is 10.1. The van der Waals surface area contributed by atoms with Crippen molar-refractivity contribution in [1.82, 2.24) is 15.1 Å². The van der Waals surface area contributed by atoms with E-state index < -0.39 is 0 Å². The Labute approximate surface area is 187 Å². The van der Waals surface area contributed by atoms with Gasteiger partial charge >= 0.3 is 0 Å². The number of fused-ring (bicyclic) bond motifs is 1. The average Bonchev–Trinajstić information content (AvgIpc) is 3.18. The minimum Gasteiger partial charge on any atom is -0.356 e. The lowest BCUT2D eigenvalue weighted by molar-refractivity contribution is 0.138. The number of hydrogen-bond donors (Lipinski definition) is 1. The number of nitriles is 1. The monoisotopic (exact) mass is 422 g/mol. The molecule has 1 saturated heterocycles. The number of rotatable bonds is 5. The molecule has 168 valence electrons. The molecule has 0 amide bonds. The average molecular weight is 423 g/mol. The number of nitrogens with one attached hydrogen (secondary N) is 1. The first-order valence-electron chi connectivity index (χ1n) is 12.2. The largest absolute Gasteiger partial charge is 0.356 e. The van der Waals surface area contributed by atoms with E-state index in [-0.39, 0.29) is 17.6 Å². The Hall–Kier alpha value is -1.97. The zero-order valence-corrected chi connectivity index (χ0v) is 19.3. The van der Waals surface area contributed by atoms with Gasteiger partial charge in [0.15, 0.2) is 0 Å². The lowest BCUT2D eigenvalue weighted by atomic mass is 9.72. The van der Waals surface area contributed by atoms with Crippen LogP contribution in [0.2, 0.25) is 0 Å². The van der Waals surface area contributed by atoms with Gasteiger partial charge in [0.2, 0.25) is 6.19 Å².